The molecule has 0 spiro atoms. The SMILES string of the molecule is CS(=O)(=O)c1ccccc1CN1C2CC1CN(c1ccc(-c3cc(N4CC(F)(F)C4)cn4ncc(C#N)c34)cn1)C2. The Labute approximate surface area is 236 Å². The molecular weight excluding hydrogens is 548 g/mol. The van der Waals surface area contributed by atoms with Crippen LogP contribution in [0, 0.1) is 11.3 Å². The lowest BCUT2D eigenvalue weighted by Crippen LogP contribution is -2.68. The fourth-order valence-electron chi connectivity index (χ4n) is 6.33. The number of piperidine rings is 1. The molecule has 3 aromatic heterocycles. The number of aromatic nitrogens is 3. The number of fused-ring (bicyclic) bond motifs is 3. The molecule has 2 bridgehead atoms. The molecule has 8 rings (SSSR count). The van der Waals surface area contributed by atoms with Crippen LogP contribution in [-0.4, -0.2) is 78.4 Å². The van der Waals surface area contributed by atoms with Gasteiger partial charge in [0.25, 0.3) is 5.92 Å². The number of nitriles is 1. The number of piperazine rings is 1. The van der Waals surface area contributed by atoms with Crippen LogP contribution in [0.25, 0.3) is 16.6 Å². The van der Waals surface area contributed by atoms with Crippen LogP contribution in [0.1, 0.15) is 17.5 Å². The molecule has 4 aliphatic rings. The predicted octanol–water partition coefficient (Wildman–Crippen LogP) is 3.59. The number of alkyl halides is 2. The number of sulfone groups is 1. The van der Waals surface area contributed by atoms with Gasteiger partial charge in [-0.2, -0.15) is 10.4 Å². The molecule has 0 amide bonds. The second-order valence-corrected chi connectivity index (χ2v) is 13.2. The van der Waals surface area contributed by atoms with Gasteiger partial charge in [0.05, 0.1) is 47.1 Å². The normalized spacial score (nSPS) is 21.8. The van der Waals surface area contributed by atoms with Gasteiger partial charge in [-0.25, -0.2) is 26.7 Å². The molecule has 4 saturated heterocycles. The minimum Gasteiger partial charge on any atom is -0.358 e. The number of halogens is 2. The number of rotatable bonds is 6. The van der Waals surface area contributed by atoms with E-state index in [0.29, 0.717) is 45.9 Å². The minimum atomic E-state index is -3.30. The molecule has 0 aliphatic carbocycles. The van der Waals surface area contributed by atoms with Crippen molar-refractivity contribution in [1.82, 2.24) is 19.5 Å². The van der Waals surface area contributed by atoms with Crippen molar-refractivity contribution >= 4 is 26.9 Å². The molecule has 1 aromatic carbocycles. The van der Waals surface area contributed by atoms with Crippen molar-refractivity contribution in [3.63, 3.8) is 0 Å². The number of pyridine rings is 2. The Kier molecular flexibility index (Phi) is 5.82. The molecule has 4 aromatic rings. The van der Waals surface area contributed by atoms with Crippen LogP contribution in [0.5, 0.6) is 0 Å². The average molecular weight is 576 g/mol. The van der Waals surface area contributed by atoms with E-state index in [0.717, 1.165) is 36.5 Å². The monoisotopic (exact) mass is 575 g/mol. The first-order valence-corrected chi connectivity index (χ1v) is 15.3. The summed E-state index contributed by atoms with van der Waals surface area (Å²) in [6.07, 6.45) is 7.23. The summed E-state index contributed by atoms with van der Waals surface area (Å²) in [5.41, 5.74) is 3.94. The molecule has 2 atom stereocenters. The van der Waals surface area contributed by atoms with E-state index in [2.05, 4.69) is 21.0 Å². The second-order valence-electron chi connectivity index (χ2n) is 11.2. The van der Waals surface area contributed by atoms with Crippen LogP contribution in [-0.2, 0) is 16.4 Å². The molecule has 12 heteroatoms. The third kappa shape index (κ3) is 4.49. The van der Waals surface area contributed by atoms with Crippen molar-refractivity contribution in [2.45, 2.75) is 35.9 Å². The van der Waals surface area contributed by atoms with E-state index in [9.17, 15) is 22.5 Å². The summed E-state index contributed by atoms with van der Waals surface area (Å²) in [6.45, 7) is 1.47. The summed E-state index contributed by atoms with van der Waals surface area (Å²) in [4.78, 5) is 11.4. The van der Waals surface area contributed by atoms with Crippen LogP contribution in [0.4, 0.5) is 20.3 Å². The highest BCUT2D eigenvalue weighted by molar-refractivity contribution is 7.90. The predicted molar refractivity (Wildman–Crippen MR) is 150 cm³/mol. The Morgan fingerprint density at radius 1 is 1.07 bits per heavy atom. The number of anilines is 2. The summed E-state index contributed by atoms with van der Waals surface area (Å²) in [5.74, 6) is -1.87. The van der Waals surface area contributed by atoms with Crippen molar-refractivity contribution < 1.29 is 17.2 Å². The molecule has 210 valence electrons. The third-order valence-electron chi connectivity index (χ3n) is 8.38. The maximum atomic E-state index is 13.6. The maximum Gasteiger partial charge on any atom is 0.282 e. The summed E-state index contributed by atoms with van der Waals surface area (Å²) < 4.78 is 53.2. The first-order chi connectivity index (χ1) is 19.6. The van der Waals surface area contributed by atoms with Crippen LogP contribution >= 0.6 is 0 Å². The van der Waals surface area contributed by atoms with Crippen LogP contribution in [0.3, 0.4) is 0 Å². The lowest BCUT2D eigenvalue weighted by Gasteiger charge is -2.56. The van der Waals surface area contributed by atoms with E-state index in [1.807, 2.05) is 30.3 Å². The summed E-state index contributed by atoms with van der Waals surface area (Å²) in [6, 6.07) is 15.7. The lowest BCUT2D eigenvalue weighted by atomic mass is 9.86. The van der Waals surface area contributed by atoms with Gasteiger partial charge < -0.3 is 9.80 Å². The number of nitrogens with zero attached hydrogens (tertiary/aromatic N) is 7. The van der Waals surface area contributed by atoms with Crippen molar-refractivity contribution in [3.05, 3.63) is 72.2 Å². The Balaban J connectivity index is 1.11. The van der Waals surface area contributed by atoms with Gasteiger partial charge in [0.15, 0.2) is 9.84 Å². The topological polar surface area (TPSA) is 97.8 Å². The Morgan fingerprint density at radius 3 is 2.49 bits per heavy atom. The molecule has 4 fully saturated rings. The Morgan fingerprint density at radius 2 is 1.83 bits per heavy atom. The summed E-state index contributed by atoms with van der Waals surface area (Å²) >= 11 is 0. The Hall–Kier alpha value is -4.08. The van der Waals surface area contributed by atoms with E-state index in [4.69, 9.17) is 4.98 Å². The van der Waals surface area contributed by atoms with E-state index in [1.165, 1.54) is 12.5 Å². The zero-order valence-electron chi connectivity index (χ0n) is 22.3. The first kappa shape index (κ1) is 25.9. The zero-order valence-corrected chi connectivity index (χ0v) is 23.1. The fourth-order valence-corrected chi connectivity index (χ4v) is 7.27. The van der Waals surface area contributed by atoms with Gasteiger partial charge in [-0.1, -0.05) is 18.2 Å². The number of benzene rings is 1. The molecule has 0 N–H and O–H groups in total. The second kappa shape index (κ2) is 9.22. The van der Waals surface area contributed by atoms with Crippen molar-refractivity contribution in [2.75, 3.05) is 42.2 Å². The summed E-state index contributed by atoms with van der Waals surface area (Å²) in [7, 11) is -3.30. The quantitative estimate of drug-likeness (QED) is 0.344. The molecule has 0 radical (unpaired) electrons. The summed E-state index contributed by atoms with van der Waals surface area (Å²) in [5, 5.41) is 13.9. The highest BCUT2D eigenvalue weighted by atomic mass is 32.2. The largest absolute Gasteiger partial charge is 0.358 e. The highest BCUT2D eigenvalue weighted by Crippen LogP contribution is 2.38. The Bertz CT molecular complexity index is 1800. The van der Waals surface area contributed by atoms with Gasteiger partial charge in [0.1, 0.15) is 11.9 Å². The fraction of sp³-hybridized carbons (Fsp3) is 0.345. The molecule has 41 heavy (non-hydrogen) atoms. The highest BCUT2D eigenvalue weighted by Gasteiger charge is 2.45. The third-order valence-corrected chi connectivity index (χ3v) is 9.58. The van der Waals surface area contributed by atoms with Gasteiger partial charge in [0, 0.05) is 55.3 Å². The minimum absolute atomic E-state index is 0.304. The van der Waals surface area contributed by atoms with Crippen molar-refractivity contribution in [1.29, 1.82) is 5.26 Å². The smallest absolute Gasteiger partial charge is 0.282 e. The zero-order chi connectivity index (χ0) is 28.5. The van der Waals surface area contributed by atoms with Gasteiger partial charge in [-0.3, -0.25) is 4.90 Å². The standard InChI is InChI=1S/C29H27F2N7O2S/c1-41(39,40)26-5-3-2-4-20(26)13-37-23-8-24(37)15-35(14-23)27-7-6-19(11-33-27)25-9-22(36-17-29(30,31)18-36)16-38-28(25)21(10-32)12-34-38/h2-7,9,11-12,16,23-24H,8,13-15,17-18H2,1H3. The molecule has 7 heterocycles. The molecule has 2 unspecified atom stereocenters. The van der Waals surface area contributed by atoms with Gasteiger partial charge >= 0.3 is 0 Å². The molecule has 0 saturated carbocycles. The molecule has 4 aliphatic heterocycles. The van der Waals surface area contributed by atoms with Crippen LogP contribution < -0.4 is 9.80 Å². The van der Waals surface area contributed by atoms with E-state index in [-0.39, 0.29) is 13.1 Å². The van der Waals surface area contributed by atoms with Crippen molar-refractivity contribution in [3.8, 4) is 17.2 Å². The van der Waals surface area contributed by atoms with E-state index in [1.54, 1.807) is 33.9 Å². The average Bonchev–Trinajstić information content (AvgIpc) is 3.37. The van der Waals surface area contributed by atoms with Crippen LogP contribution in [0.15, 0.2) is 66.0 Å². The van der Waals surface area contributed by atoms with E-state index < -0.39 is 15.8 Å². The number of hydrogen-bond donors (Lipinski definition) is 0. The van der Waals surface area contributed by atoms with E-state index >= 15 is 0 Å². The van der Waals surface area contributed by atoms with Gasteiger partial charge in [-0.15, -0.1) is 0 Å². The lowest BCUT2D eigenvalue weighted by molar-refractivity contribution is -0.0263. The van der Waals surface area contributed by atoms with Crippen LogP contribution in [0.2, 0.25) is 0 Å². The van der Waals surface area contributed by atoms with Gasteiger partial charge in [-0.05, 0) is 36.2 Å². The van der Waals surface area contributed by atoms with Crippen molar-refractivity contribution in [2.24, 2.45) is 0 Å². The maximum absolute atomic E-state index is 13.6. The first-order valence-electron chi connectivity index (χ1n) is 13.4. The molecule has 9 nitrogen and oxygen atoms in total. The molecular formula is C29H27F2N7O2S. The van der Waals surface area contributed by atoms with Gasteiger partial charge in [0.2, 0.25) is 0 Å². The number of hydrogen-bond acceptors (Lipinski definition) is 8.